The van der Waals surface area contributed by atoms with E-state index in [1.807, 2.05) is 32.3 Å². The fourth-order valence-corrected chi connectivity index (χ4v) is 2.11. The van der Waals surface area contributed by atoms with Gasteiger partial charge in [-0.2, -0.15) is 0 Å². The van der Waals surface area contributed by atoms with Crippen LogP contribution in [0.2, 0.25) is 0 Å². The van der Waals surface area contributed by atoms with E-state index in [4.69, 9.17) is 16.6 Å². The minimum absolute atomic E-state index is 0.0381. The second kappa shape index (κ2) is 9.44. The highest BCUT2D eigenvalue weighted by atomic mass is 16.4. The van der Waals surface area contributed by atoms with E-state index < -0.39 is 11.9 Å². The zero-order chi connectivity index (χ0) is 18.1. The number of likely N-dealkylation sites (N-methyl/N-ethyl adjacent to an activating group) is 1. The highest BCUT2D eigenvalue weighted by Gasteiger charge is 2.18. The zero-order valence-electron chi connectivity index (χ0n) is 13.9. The molecule has 0 fully saturated rings. The van der Waals surface area contributed by atoms with Gasteiger partial charge in [-0.05, 0) is 31.3 Å². The molecule has 0 atom stereocenters. The van der Waals surface area contributed by atoms with Gasteiger partial charge in [0, 0.05) is 13.1 Å². The second-order valence-electron chi connectivity index (χ2n) is 5.36. The quantitative estimate of drug-likeness (QED) is 0.773. The first-order valence-electron chi connectivity index (χ1n) is 7.44. The number of nitrogens with zero attached hydrogens (tertiary/aromatic N) is 1. The Balaban J connectivity index is 0.000000413. The Labute approximate surface area is 141 Å². The maximum Gasteiger partial charge on any atom is 0.336 e. The van der Waals surface area contributed by atoms with Crippen molar-refractivity contribution in [2.75, 3.05) is 27.2 Å². The minimum atomic E-state index is -1.17. The summed E-state index contributed by atoms with van der Waals surface area (Å²) in [6.07, 6.45) is 0. The summed E-state index contributed by atoms with van der Waals surface area (Å²) >= 11 is 0. The first-order valence-corrected chi connectivity index (χ1v) is 7.44. The van der Waals surface area contributed by atoms with Gasteiger partial charge in [-0.15, -0.1) is 0 Å². The van der Waals surface area contributed by atoms with Gasteiger partial charge >= 0.3 is 5.97 Å². The molecule has 2 aromatic rings. The van der Waals surface area contributed by atoms with Crippen molar-refractivity contribution in [1.82, 2.24) is 4.90 Å². The highest BCUT2D eigenvalue weighted by Crippen LogP contribution is 2.26. The number of aromatic carboxylic acids is 1. The molecule has 5 N–H and O–H groups in total. The number of carbonyl (C=O) groups is 2. The molecule has 24 heavy (non-hydrogen) atoms. The van der Waals surface area contributed by atoms with E-state index >= 15 is 0 Å². The first kappa shape index (κ1) is 19.3. The Bertz CT molecular complexity index is 685. The number of hydrogen-bond donors (Lipinski definition) is 3. The van der Waals surface area contributed by atoms with Gasteiger partial charge < -0.3 is 21.5 Å². The summed E-state index contributed by atoms with van der Waals surface area (Å²) in [6.45, 7) is 1.74. The van der Waals surface area contributed by atoms with Gasteiger partial charge in [0.25, 0.3) is 0 Å². The van der Waals surface area contributed by atoms with Crippen LogP contribution in [0.15, 0.2) is 48.5 Å². The molecule has 0 heterocycles. The molecule has 0 saturated carbocycles. The fraction of sp³-hybridized carbons (Fsp3) is 0.222. The van der Waals surface area contributed by atoms with Gasteiger partial charge in [0.05, 0.1) is 11.1 Å². The van der Waals surface area contributed by atoms with E-state index in [1.54, 1.807) is 24.3 Å². The maximum absolute atomic E-state index is 11.5. The third-order valence-electron chi connectivity index (χ3n) is 3.20. The van der Waals surface area contributed by atoms with E-state index in [-0.39, 0.29) is 11.1 Å². The van der Waals surface area contributed by atoms with E-state index in [0.29, 0.717) is 5.56 Å². The van der Waals surface area contributed by atoms with Crippen LogP contribution in [-0.4, -0.2) is 49.1 Å². The van der Waals surface area contributed by atoms with Gasteiger partial charge in [-0.25, -0.2) is 4.79 Å². The molecule has 0 aliphatic heterocycles. The molecule has 6 heteroatoms. The predicted octanol–water partition coefficient (Wildman–Crippen LogP) is 1.66. The molecule has 2 rings (SSSR count). The van der Waals surface area contributed by atoms with E-state index in [2.05, 4.69) is 4.90 Å². The number of nitrogens with two attached hydrogens (primary N) is 2. The number of amides is 1. The van der Waals surface area contributed by atoms with Crippen LogP contribution in [0.5, 0.6) is 0 Å². The minimum Gasteiger partial charge on any atom is -0.478 e. The third kappa shape index (κ3) is 5.49. The van der Waals surface area contributed by atoms with Crippen molar-refractivity contribution >= 4 is 11.9 Å². The largest absolute Gasteiger partial charge is 0.478 e. The summed E-state index contributed by atoms with van der Waals surface area (Å²) in [5.41, 5.74) is 11.7. The standard InChI is InChI=1S/C14H11NO3.C4H12N2/c15-13(16)12-10(9-5-2-1-3-6-9)7-4-8-11(12)14(17)18;1-6(2)4-3-5/h1-8H,(H2,15,16)(H,17,18);3-5H2,1-2H3. The van der Waals surface area contributed by atoms with Crippen LogP contribution in [0.25, 0.3) is 11.1 Å². The van der Waals surface area contributed by atoms with Crippen molar-refractivity contribution in [3.8, 4) is 11.1 Å². The number of hydrogen-bond acceptors (Lipinski definition) is 4. The first-order chi connectivity index (χ1) is 11.4. The van der Waals surface area contributed by atoms with Crippen LogP contribution < -0.4 is 11.5 Å². The SMILES string of the molecule is CN(C)CCN.NC(=O)c1c(C(=O)O)cccc1-c1ccccc1. The molecule has 0 aromatic heterocycles. The predicted molar refractivity (Wildman–Crippen MR) is 95.0 cm³/mol. The summed E-state index contributed by atoms with van der Waals surface area (Å²) in [5, 5.41) is 9.08. The van der Waals surface area contributed by atoms with Crippen molar-refractivity contribution < 1.29 is 14.7 Å². The lowest BCUT2D eigenvalue weighted by Crippen LogP contribution is -2.20. The van der Waals surface area contributed by atoms with Gasteiger partial charge in [0.15, 0.2) is 0 Å². The number of carbonyl (C=O) groups excluding carboxylic acids is 1. The average Bonchev–Trinajstić information content (AvgIpc) is 2.55. The normalized spacial score (nSPS) is 10.0. The Kier molecular flexibility index (Phi) is 7.61. The van der Waals surface area contributed by atoms with E-state index in [0.717, 1.165) is 18.7 Å². The molecule has 0 unspecified atom stereocenters. The summed E-state index contributed by atoms with van der Waals surface area (Å²) in [7, 11) is 4.01. The van der Waals surface area contributed by atoms with Gasteiger partial charge in [0.1, 0.15) is 0 Å². The molecule has 0 aliphatic carbocycles. The molecule has 0 aliphatic rings. The Morgan fingerprint density at radius 2 is 1.67 bits per heavy atom. The number of carboxylic acid groups (broad SMARTS) is 1. The lowest BCUT2D eigenvalue weighted by Gasteiger charge is -2.09. The number of rotatable bonds is 5. The summed E-state index contributed by atoms with van der Waals surface area (Å²) in [6, 6.07) is 13.7. The zero-order valence-corrected chi connectivity index (χ0v) is 13.9. The lowest BCUT2D eigenvalue weighted by molar-refractivity contribution is 0.0692. The van der Waals surface area contributed by atoms with Crippen LogP contribution in [-0.2, 0) is 0 Å². The highest BCUT2D eigenvalue weighted by molar-refractivity contribution is 6.08. The third-order valence-corrected chi connectivity index (χ3v) is 3.20. The molecule has 0 bridgehead atoms. The Morgan fingerprint density at radius 1 is 1.04 bits per heavy atom. The van der Waals surface area contributed by atoms with Crippen LogP contribution >= 0.6 is 0 Å². The van der Waals surface area contributed by atoms with Crippen LogP contribution in [0.1, 0.15) is 20.7 Å². The van der Waals surface area contributed by atoms with Crippen molar-refractivity contribution in [1.29, 1.82) is 0 Å². The van der Waals surface area contributed by atoms with Crippen molar-refractivity contribution in [3.63, 3.8) is 0 Å². The van der Waals surface area contributed by atoms with Crippen LogP contribution in [0, 0.1) is 0 Å². The molecule has 128 valence electrons. The Morgan fingerprint density at radius 3 is 2.08 bits per heavy atom. The molecule has 2 aromatic carbocycles. The molecule has 0 saturated heterocycles. The van der Waals surface area contributed by atoms with Crippen molar-refractivity contribution in [2.24, 2.45) is 11.5 Å². The van der Waals surface area contributed by atoms with Gasteiger partial charge in [-0.3, -0.25) is 4.79 Å². The van der Waals surface area contributed by atoms with Crippen LogP contribution in [0.4, 0.5) is 0 Å². The number of benzene rings is 2. The molecule has 6 nitrogen and oxygen atoms in total. The molecule has 1 amide bonds. The number of carboxylic acids is 1. The van der Waals surface area contributed by atoms with E-state index in [9.17, 15) is 9.59 Å². The monoisotopic (exact) mass is 329 g/mol. The van der Waals surface area contributed by atoms with E-state index in [1.165, 1.54) is 6.07 Å². The van der Waals surface area contributed by atoms with Crippen LogP contribution in [0.3, 0.4) is 0 Å². The van der Waals surface area contributed by atoms with Gasteiger partial charge in [-0.1, -0.05) is 42.5 Å². The lowest BCUT2D eigenvalue weighted by atomic mass is 9.95. The summed E-state index contributed by atoms with van der Waals surface area (Å²) in [4.78, 5) is 24.6. The molecule has 0 spiro atoms. The smallest absolute Gasteiger partial charge is 0.336 e. The number of primary amides is 1. The van der Waals surface area contributed by atoms with Gasteiger partial charge in [0.2, 0.25) is 5.91 Å². The average molecular weight is 329 g/mol. The topological polar surface area (TPSA) is 110 Å². The Hall–Kier alpha value is -2.70. The molecule has 0 radical (unpaired) electrons. The molecular formula is C18H23N3O3. The maximum atomic E-state index is 11.5. The second-order valence-corrected chi connectivity index (χ2v) is 5.36. The van der Waals surface area contributed by atoms with Crippen molar-refractivity contribution in [3.05, 3.63) is 59.7 Å². The summed E-state index contributed by atoms with van der Waals surface area (Å²) < 4.78 is 0. The fourth-order valence-electron chi connectivity index (χ4n) is 2.11. The van der Waals surface area contributed by atoms with Crippen molar-refractivity contribution in [2.45, 2.75) is 0 Å². The molecular weight excluding hydrogens is 306 g/mol. The summed E-state index contributed by atoms with van der Waals surface area (Å²) in [5.74, 6) is -1.91.